The molecule has 0 amide bonds. The summed E-state index contributed by atoms with van der Waals surface area (Å²) in [7, 11) is 0. The van der Waals surface area contributed by atoms with Crippen molar-refractivity contribution in [2.45, 2.75) is 45.3 Å². The van der Waals surface area contributed by atoms with Crippen LogP contribution in [0.15, 0.2) is 32.8 Å². The number of carbonyl (C=O) groups excluding carboxylic acids is 1. The fourth-order valence-electron chi connectivity index (χ4n) is 2.90. The number of hydroxylamine groups is 1. The van der Waals surface area contributed by atoms with E-state index >= 15 is 0 Å². The first-order valence-electron chi connectivity index (χ1n) is 8.90. The van der Waals surface area contributed by atoms with Gasteiger partial charge in [0.05, 0.1) is 30.6 Å². The summed E-state index contributed by atoms with van der Waals surface area (Å²) in [5, 5.41) is 17.7. The number of anilines is 1. The molecule has 1 aromatic carbocycles. The fourth-order valence-corrected chi connectivity index (χ4v) is 3.25. The molecule has 3 rings (SSSR count). The lowest BCUT2D eigenvalue weighted by Gasteiger charge is -2.43. The molecule has 0 aromatic heterocycles. The van der Waals surface area contributed by atoms with Gasteiger partial charge < -0.3 is 24.6 Å². The van der Waals surface area contributed by atoms with Crippen molar-refractivity contribution in [1.82, 2.24) is 0 Å². The lowest BCUT2D eigenvalue weighted by Crippen LogP contribution is -2.43. The van der Waals surface area contributed by atoms with Crippen molar-refractivity contribution in [2.75, 3.05) is 18.3 Å². The van der Waals surface area contributed by atoms with Crippen molar-refractivity contribution in [3.8, 4) is 0 Å². The van der Waals surface area contributed by atoms with Gasteiger partial charge in [0.25, 0.3) is 0 Å². The molecular formula is C18H21BrN3O5-. The number of nitrogens with zero attached hydrogens (tertiary/aromatic N) is 3. The van der Waals surface area contributed by atoms with Crippen LogP contribution in [0, 0.1) is 5.21 Å². The number of carbonyl (C=O) groups is 1. The van der Waals surface area contributed by atoms with Crippen LogP contribution in [-0.4, -0.2) is 42.9 Å². The summed E-state index contributed by atoms with van der Waals surface area (Å²) in [6.07, 6.45) is 0.961. The fraction of sp³-hybridized carbons (Fsp3) is 0.500. The Bertz CT molecular complexity index is 767. The quantitative estimate of drug-likeness (QED) is 0.628. The molecule has 0 fully saturated rings. The largest absolute Gasteiger partial charge is 0.758 e. The second-order valence-electron chi connectivity index (χ2n) is 6.20. The Morgan fingerprint density at radius 2 is 2.26 bits per heavy atom. The number of hydrogen-bond acceptors (Lipinski definition) is 8. The van der Waals surface area contributed by atoms with Crippen LogP contribution in [0.1, 0.15) is 33.1 Å². The van der Waals surface area contributed by atoms with Crippen LogP contribution in [0.3, 0.4) is 0 Å². The molecule has 2 heterocycles. The number of esters is 1. The second-order valence-corrected chi connectivity index (χ2v) is 7.11. The highest BCUT2D eigenvalue weighted by Crippen LogP contribution is 2.38. The Balaban J connectivity index is 1.76. The number of fused-ring (bicyclic) bond motifs is 1. The molecule has 9 heteroatoms. The summed E-state index contributed by atoms with van der Waals surface area (Å²) in [5.74, 6) is -0.136. The normalized spacial score (nSPS) is 21.1. The molecule has 0 aliphatic carbocycles. The van der Waals surface area contributed by atoms with E-state index < -0.39 is 18.1 Å². The molecule has 146 valence electrons. The van der Waals surface area contributed by atoms with E-state index in [9.17, 15) is 10.0 Å². The summed E-state index contributed by atoms with van der Waals surface area (Å²) < 4.78 is 11.5. The zero-order valence-corrected chi connectivity index (χ0v) is 16.8. The monoisotopic (exact) mass is 438 g/mol. The van der Waals surface area contributed by atoms with Crippen molar-refractivity contribution >= 4 is 44.9 Å². The number of halogens is 1. The van der Waals surface area contributed by atoms with Crippen LogP contribution in [0.25, 0.3) is 0 Å². The van der Waals surface area contributed by atoms with Gasteiger partial charge in [-0.15, -0.1) is 0 Å². The molecule has 2 aliphatic rings. The van der Waals surface area contributed by atoms with Crippen molar-refractivity contribution in [3.05, 3.63) is 27.9 Å². The zero-order valence-electron chi connectivity index (χ0n) is 15.2. The standard InChI is InChI=1S/C18H21BrN3O5/c1-3-7-26-17-16(10-12-9-14(21-27-12)18(23)25-4-2)22(24)15-8-11(19)5-6-13(15)20-17/h5-6,8,12,16H,3-4,7,9-10H2,1-2H3/q-1. The summed E-state index contributed by atoms with van der Waals surface area (Å²) in [4.78, 5) is 21.7. The van der Waals surface area contributed by atoms with Crippen molar-refractivity contribution in [1.29, 1.82) is 0 Å². The number of hydrogen-bond donors (Lipinski definition) is 0. The SMILES string of the molecule is CCCOC1=Nc2ccc(Br)cc2N([O-])C1CC1CC(C(=O)OCC)=NO1. The van der Waals surface area contributed by atoms with Crippen molar-refractivity contribution in [3.63, 3.8) is 0 Å². The van der Waals surface area contributed by atoms with E-state index in [4.69, 9.17) is 14.3 Å². The Morgan fingerprint density at radius 1 is 1.44 bits per heavy atom. The number of aliphatic imine (C=N–C) groups is 1. The highest BCUT2D eigenvalue weighted by molar-refractivity contribution is 9.10. The topological polar surface area (TPSA) is 95.8 Å². The number of rotatable bonds is 6. The molecule has 2 atom stereocenters. The Morgan fingerprint density at radius 3 is 3.00 bits per heavy atom. The van der Waals surface area contributed by atoms with Gasteiger partial charge in [0.1, 0.15) is 6.10 Å². The average Bonchev–Trinajstić information content (AvgIpc) is 3.12. The molecule has 2 unspecified atom stereocenters. The van der Waals surface area contributed by atoms with E-state index in [1.54, 1.807) is 19.1 Å². The van der Waals surface area contributed by atoms with Crippen LogP contribution in [0.4, 0.5) is 11.4 Å². The van der Waals surface area contributed by atoms with Crippen LogP contribution >= 0.6 is 15.9 Å². The van der Waals surface area contributed by atoms with Gasteiger partial charge in [-0.05, 0) is 31.5 Å². The van der Waals surface area contributed by atoms with Crippen molar-refractivity contribution < 1.29 is 19.1 Å². The van der Waals surface area contributed by atoms with Crippen molar-refractivity contribution in [2.24, 2.45) is 10.1 Å². The summed E-state index contributed by atoms with van der Waals surface area (Å²) in [5.41, 5.74) is 1.25. The maximum Gasteiger partial charge on any atom is 0.356 e. The van der Waals surface area contributed by atoms with Crippen LogP contribution in [0.5, 0.6) is 0 Å². The number of oxime groups is 1. The van der Waals surface area contributed by atoms with E-state index in [1.165, 1.54) is 0 Å². The Labute approximate surface area is 165 Å². The van der Waals surface area contributed by atoms with Gasteiger partial charge in [0.2, 0.25) is 5.90 Å². The van der Waals surface area contributed by atoms with E-state index in [0.29, 0.717) is 30.3 Å². The molecule has 0 N–H and O–H groups in total. The van der Waals surface area contributed by atoms with E-state index in [1.807, 2.05) is 13.0 Å². The van der Waals surface area contributed by atoms with Gasteiger partial charge in [-0.2, -0.15) is 0 Å². The summed E-state index contributed by atoms with van der Waals surface area (Å²) >= 11 is 3.38. The first-order valence-corrected chi connectivity index (χ1v) is 9.69. The van der Waals surface area contributed by atoms with Gasteiger partial charge in [-0.3, -0.25) is 0 Å². The van der Waals surface area contributed by atoms with Gasteiger partial charge in [0.15, 0.2) is 5.71 Å². The van der Waals surface area contributed by atoms with Gasteiger partial charge in [-0.25, -0.2) is 9.79 Å². The first kappa shape index (κ1) is 19.6. The molecule has 2 aliphatic heterocycles. The predicted octanol–water partition coefficient (Wildman–Crippen LogP) is 3.69. The minimum Gasteiger partial charge on any atom is -0.758 e. The summed E-state index contributed by atoms with van der Waals surface area (Å²) in [6, 6.07) is 4.67. The minimum atomic E-state index is -0.653. The predicted molar refractivity (Wildman–Crippen MR) is 105 cm³/mol. The second kappa shape index (κ2) is 8.71. The maximum atomic E-state index is 13.0. The molecule has 0 spiro atoms. The summed E-state index contributed by atoms with van der Waals surface area (Å²) in [6.45, 7) is 4.45. The lowest BCUT2D eigenvalue weighted by molar-refractivity contribution is -0.135. The van der Waals surface area contributed by atoms with E-state index in [2.05, 4.69) is 26.1 Å². The lowest BCUT2D eigenvalue weighted by atomic mass is 10.0. The van der Waals surface area contributed by atoms with Crippen LogP contribution in [0.2, 0.25) is 0 Å². The van der Waals surface area contributed by atoms with E-state index in [-0.39, 0.29) is 18.7 Å². The smallest absolute Gasteiger partial charge is 0.356 e. The highest BCUT2D eigenvalue weighted by atomic mass is 79.9. The maximum absolute atomic E-state index is 13.0. The minimum absolute atomic E-state index is 0.228. The number of benzene rings is 1. The molecular weight excluding hydrogens is 418 g/mol. The molecule has 1 aromatic rings. The van der Waals surface area contributed by atoms with Gasteiger partial charge >= 0.3 is 5.97 Å². The third kappa shape index (κ3) is 4.41. The third-order valence-corrected chi connectivity index (χ3v) is 4.65. The Hall–Kier alpha value is -2.13. The highest BCUT2D eigenvalue weighted by Gasteiger charge is 2.34. The molecule has 0 bridgehead atoms. The van der Waals surface area contributed by atoms with E-state index in [0.717, 1.165) is 16.0 Å². The molecule has 0 radical (unpaired) electrons. The molecule has 27 heavy (non-hydrogen) atoms. The van der Waals surface area contributed by atoms with Crippen LogP contribution in [-0.2, 0) is 19.1 Å². The van der Waals surface area contributed by atoms with Gasteiger partial charge in [-0.1, -0.05) is 28.0 Å². The molecule has 0 saturated carbocycles. The Kier molecular flexibility index (Phi) is 6.33. The average molecular weight is 439 g/mol. The molecule has 0 saturated heterocycles. The molecule has 8 nitrogen and oxygen atoms in total. The van der Waals surface area contributed by atoms with Crippen LogP contribution < -0.4 is 5.06 Å². The third-order valence-electron chi connectivity index (χ3n) is 4.16. The van der Waals surface area contributed by atoms with Gasteiger partial charge in [0, 0.05) is 17.3 Å². The number of ether oxygens (including phenoxy) is 2. The first-order chi connectivity index (χ1) is 13.0. The zero-order chi connectivity index (χ0) is 19.4.